The first-order valence-corrected chi connectivity index (χ1v) is 10.8. The number of carbonyl (C=O) groups excluding carboxylic acids is 2. The van der Waals surface area contributed by atoms with Gasteiger partial charge in [-0.3, -0.25) is 9.59 Å². The second-order valence-corrected chi connectivity index (χ2v) is 7.63. The second-order valence-electron chi connectivity index (χ2n) is 7.63. The van der Waals surface area contributed by atoms with Gasteiger partial charge in [0.1, 0.15) is 11.8 Å². The number of nitrogens with zero attached hydrogens (tertiary/aromatic N) is 1. The number of nitrogens with one attached hydrogen (secondary N) is 1. The number of ether oxygens (including phenoxy) is 1. The summed E-state index contributed by atoms with van der Waals surface area (Å²) in [5, 5.41) is 2.98. The van der Waals surface area contributed by atoms with E-state index >= 15 is 0 Å². The Balaban J connectivity index is 2.18. The molecule has 0 aliphatic carbocycles. The highest BCUT2D eigenvalue weighted by Gasteiger charge is 2.28. The topological polar surface area (TPSA) is 58.6 Å². The lowest BCUT2D eigenvalue weighted by Crippen LogP contribution is -2.50. The Morgan fingerprint density at radius 3 is 2.50 bits per heavy atom. The quantitative estimate of drug-likeness (QED) is 0.559. The largest absolute Gasteiger partial charge is 0.484 e. The molecule has 1 atom stereocenters. The maximum Gasteiger partial charge on any atom is 0.261 e. The predicted molar refractivity (Wildman–Crippen MR) is 120 cm³/mol. The van der Waals surface area contributed by atoms with Crippen LogP contribution in [0.5, 0.6) is 5.75 Å². The molecule has 5 nitrogen and oxygen atoms in total. The van der Waals surface area contributed by atoms with Gasteiger partial charge in [-0.15, -0.1) is 0 Å². The zero-order valence-corrected chi connectivity index (χ0v) is 18.6. The molecular weight excluding hydrogens is 376 g/mol. The Bertz CT molecular complexity index is 835. The maximum absolute atomic E-state index is 13.2. The number of para-hydroxylation sites is 1. The number of aryl methyl sites for hydroxylation is 2. The van der Waals surface area contributed by atoms with Gasteiger partial charge in [0.15, 0.2) is 6.61 Å². The fourth-order valence-corrected chi connectivity index (χ4v) is 3.37. The fourth-order valence-electron chi connectivity index (χ4n) is 3.37. The molecule has 1 N–H and O–H groups in total. The summed E-state index contributed by atoms with van der Waals surface area (Å²) in [6, 6.07) is 15.1. The standard InChI is InChI=1S/C25H34N2O3/c1-5-7-15-26-25(29)22(6-2)27(17-21-13-10-11-19(3)16-21)24(28)18-30-23-14-9-8-12-20(23)4/h8-14,16,22H,5-7,15,17-18H2,1-4H3,(H,26,29)/t22-/m1/s1. The summed E-state index contributed by atoms with van der Waals surface area (Å²) < 4.78 is 5.79. The second kappa shape index (κ2) is 12.0. The van der Waals surface area contributed by atoms with Crippen molar-refractivity contribution < 1.29 is 14.3 Å². The highest BCUT2D eigenvalue weighted by atomic mass is 16.5. The molecule has 0 heterocycles. The minimum atomic E-state index is -0.532. The third kappa shape index (κ3) is 6.90. The molecule has 5 heteroatoms. The van der Waals surface area contributed by atoms with Crippen molar-refractivity contribution in [1.82, 2.24) is 10.2 Å². The summed E-state index contributed by atoms with van der Waals surface area (Å²) in [4.78, 5) is 27.7. The molecule has 0 saturated carbocycles. The van der Waals surface area contributed by atoms with Gasteiger partial charge in [0.05, 0.1) is 0 Å². The third-order valence-electron chi connectivity index (χ3n) is 5.10. The van der Waals surface area contributed by atoms with Crippen LogP contribution in [-0.4, -0.2) is 35.9 Å². The van der Waals surface area contributed by atoms with E-state index in [-0.39, 0.29) is 18.4 Å². The summed E-state index contributed by atoms with van der Waals surface area (Å²) in [5.41, 5.74) is 3.09. The molecule has 0 fully saturated rings. The highest BCUT2D eigenvalue weighted by Crippen LogP contribution is 2.18. The van der Waals surface area contributed by atoms with Gasteiger partial charge in [0, 0.05) is 13.1 Å². The lowest BCUT2D eigenvalue weighted by atomic mass is 10.1. The van der Waals surface area contributed by atoms with Gasteiger partial charge in [0.2, 0.25) is 5.91 Å². The van der Waals surface area contributed by atoms with Crippen LogP contribution in [0, 0.1) is 13.8 Å². The minimum absolute atomic E-state index is 0.102. The molecule has 2 aromatic carbocycles. The van der Waals surface area contributed by atoms with E-state index in [1.807, 2.05) is 69.3 Å². The van der Waals surface area contributed by atoms with Crippen LogP contribution in [0.15, 0.2) is 48.5 Å². The summed E-state index contributed by atoms with van der Waals surface area (Å²) in [7, 11) is 0. The van der Waals surface area contributed by atoms with E-state index < -0.39 is 6.04 Å². The average molecular weight is 411 g/mol. The molecule has 0 aromatic heterocycles. The minimum Gasteiger partial charge on any atom is -0.484 e. The van der Waals surface area contributed by atoms with Crippen molar-refractivity contribution in [2.75, 3.05) is 13.2 Å². The van der Waals surface area contributed by atoms with Crippen molar-refractivity contribution in [3.63, 3.8) is 0 Å². The molecule has 0 aliphatic rings. The number of benzene rings is 2. The van der Waals surface area contributed by atoms with Crippen LogP contribution in [0.3, 0.4) is 0 Å². The van der Waals surface area contributed by atoms with Crippen molar-refractivity contribution in [1.29, 1.82) is 0 Å². The molecule has 0 saturated heterocycles. The molecule has 2 amide bonds. The Kier molecular flexibility index (Phi) is 9.39. The van der Waals surface area contributed by atoms with Crippen molar-refractivity contribution in [3.05, 3.63) is 65.2 Å². The smallest absolute Gasteiger partial charge is 0.261 e. The highest BCUT2D eigenvalue weighted by molar-refractivity contribution is 5.88. The van der Waals surface area contributed by atoms with Gasteiger partial charge < -0.3 is 15.0 Å². The van der Waals surface area contributed by atoms with Crippen LogP contribution in [0.25, 0.3) is 0 Å². The van der Waals surface area contributed by atoms with Gasteiger partial charge in [-0.1, -0.05) is 68.3 Å². The first kappa shape index (κ1) is 23.5. The van der Waals surface area contributed by atoms with E-state index in [1.165, 1.54) is 0 Å². The normalized spacial score (nSPS) is 11.6. The van der Waals surface area contributed by atoms with Crippen LogP contribution in [0.2, 0.25) is 0 Å². The molecule has 0 spiro atoms. The zero-order valence-electron chi connectivity index (χ0n) is 18.6. The fraction of sp³-hybridized carbons (Fsp3) is 0.440. The first-order chi connectivity index (χ1) is 14.5. The summed E-state index contributed by atoms with van der Waals surface area (Å²) in [6.07, 6.45) is 2.47. The Labute approximate surface area is 180 Å². The van der Waals surface area contributed by atoms with Crippen molar-refractivity contribution >= 4 is 11.8 Å². The van der Waals surface area contributed by atoms with E-state index in [0.717, 1.165) is 29.5 Å². The number of rotatable bonds is 11. The number of hydrogen-bond acceptors (Lipinski definition) is 3. The molecule has 30 heavy (non-hydrogen) atoms. The Morgan fingerprint density at radius 1 is 1.07 bits per heavy atom. The monoisotopic (exact) mass is 410 g/mol. The van der Waals surface area contributed by atoms with E-state index in [2.05, 4.69) is 12.2 Å². The first-order valence-electron chi connectivity index (χ1n) is 10.8. The lowest BCUT2D eigenvalue weighted by Gasteiger charge is -2.30. The summed E-state index contributed by atoms with van der Waals surface area (Å²) >= 11 is 0. The van der Waals surface area contributed by atoms with Crippen molar-refractivity contribution in [2.24, 2.45) is 0 Å². The van der Waals surface area contributed by atoms with Gasteiger partial charge in [-0.25, -0.2) is 0 Å². The van der Waals surface area contributed by atoms with Gasteiger partial charge in [-0.2, -0.15) is 0 Å². The van der Waals surface area contributed by atoms with Crippen LogP contribution in [-0.2, 0) is 16.1 Å². The molecule has 162 valence electrons. The number of unbranched alkanes of at least 4 members (excludes halogenated alkanes) is 1. The SMILES string of the molecule is CCCCNC(=O)[C@@H](CC)N(Cc1cccc(C)c1)C(=O)COc1ccccc1C. The lowest BCUT2D eigenvalue weighted by molar-refractivity contribution is -0.143. The van der Waals surface area contributed by atoms with Crippen molar-refractivity contribution in [2.45, 2.75) is 59.5 Å². The Morgan fingerprint density at radius 2 is 1.83 bits per heavy atom. The third-order valence-corrected chi connectivity index (χ3v) is 5.10. The van der Waals surface area contributed by atoms with Crippen molar-refractivity contribution in [3.8, 4) is 5.75 Å². The number of carbonyl (C=O) groups is 2. The molecule has 0 unspecified atom stereocenters. The van der Waals surface area contributed by atoms with Gasteiger partial charge in [-0.05, 0) is 43.9 Å². The van der Waals surface area contributed by atoms with Gasteiger partial charge >= 0.3 is 0 Å². The summed E-state index contributed by atoms with van der Waals surface area (Å²) in [6.45, 7) is 8.87. The van der Waals surface area contributed by atoms with Crippen LogP contribution >= 0.6 is 0 Å². The van der Waals surface area contributed by atoms with Crippen LogP contribution < -0.4 is 10.1 Å². The molecule has 0 bridgehead atoms. The average Bonchev–Trinajstić information content (AvgIpc) is 2.73. The van der Waals surface area contributed by atoms with E-state index in [4.69, 9.17) is 4.74 Å². The molecule has 2 aromatic rings. The maximum atomic E-state index is 13.2. The van der Waals surface area contributed by atoms with E-state index in [9.17, 15) is 9.59 Å². The molecule has 2 rings (SSSR count). The molecule has 0 aliphatic heterocycles. The molecule has 0 radical (unpaired) electrons. The van der Waals surface area contributed by atoms with E-state index in [0.29, 0.717) is 25.3 Å². The van der Waals surface area contributed by atoms with E-state index in [1.54, 1.807) is 4.90 Å². The van der Waals surface area contributed by atoms with Crippen LogP contribution in [0.1, 0.15) is 49.8 Å². The Hall–Kier alpha value is -2.82. The summed E-state index contributed by atoms with van der Waals surface area (Å²) in [5.74, 6) is 0.377. The van der Waals surface area contributed by atoms with Crippen LogP contribution in [0.4, 0.5) is 0 Å². The molecular formula is C25H34N2O3. The predicted octanol–water partition coefficient (Wildman–Crippen LogP) is 4.41. The zero-order chi connectivity index (χ0) is 21.9. The number of hydrogen-bond donors (Lipinski definition) is 1. The van der Waals surface area contributed by atoms with Gasteiger partial charge in [0.25, 0.3) is 5.91 Å². The number of amides is 2.